The molecule has 0 aliphatic carbocycles. The number of aromatic hydroxyl groups is 6. The maximum atomic E-state index is 12.3. The first-order valence-electron chi connectivity index (χ1n) is 11.8. The molecular weight excluding hydrogens is 532 g/mol. The Morgan fingerprint density at radius 1 is 0.750 bits per heavy atom. The molecule has 13 heteroatoms. The van der Waals surface area contributed by atoms with E-state index in [1.54, 1.807) is 12.2 Å². The molecule has 40 heavy (non-hydrogen) atoms. The van der Waals surface area contributed by atoms with E-state index in [1.165, 1.54) is 36.4 Å². The van der Waals surface area contributed by atoms with Crippen LogP contribution in [0.15, 0.2) is 48.5 Å². The van der Waals surface area contributed by atoms with Crippen LogP contribution in [-0.2, 0) is 9.47 Å². The summed E-state index contributed by atoms with van der Waals surface area (Å²) in [5, 5.41) is 89.0. The summed E-state index contributed by atoms with van der Waals surface area (Å²) in [5.41, 5.74) is 0.671. The number of aliphatic hydroxyl groups excluding tert-OH is 3. The molecule has 3 aromatic carbocycles. The molecule has 9 N–H and O–H groups in total. The van der Waals surface area contributed by atoms with Crippen molar-refractivity contribution in [2.45, 2.75) is 30.7 Å². The highest BCUT2D eigenvalue weighted by Crippen LogP contribution is 2.36. The van der Waals surface area contributed by atoms with E-state index in [0.717, 1.165) is 12.1 Å². The third kappa shape index (κ3) is 6.30. The number of hydrogen-bond acceptors (Lipinski definition) is 13. The van der Waals surface area contributed by atoms with Crippen LogP contribution in [0.3, 0.4) is 0 Å². The summed E-state index contributed by atoms with van der Waals surface area (Å²) >= 11 is 0. The molecule has 1 saturated heterocycles. The number of phenolic OH excluding ortho intramolecular Hbond substituents is 6. The highest BCUT2D eigenvalue weighted by molar-refractivity contribution is 5.91. The third-order valence-electron chi connectivity index (χ3n) is 5.97. The molecule has 0 aromatic heterocycles. The highest BCUT2D eigenvalue weighted by atomic mass is 16.7. The summed E-state index contributed by atoms with van der Waals surface area (Å²) in [6, 6.07) is 9.90. The van der Waals surface area contributed by atoms with Crippen LogP contribution in [0.2, 0.25) is 0 Å². The van der Waals surface area contributed by atoms with E-state index in [0.29, 0.717) is 11.1 Å². The quantitative estimate of drug-likeness (QED) is 0.113. The molecule has 4 rings (SSSR count). The summed E-state index contributed by atoms with van der Waals surface area (Å²) in [5.74, 6) is -4.21. The summed E-state index contributed by atoms with van der Waals surface area (Å²) in [4.78, 5) is 12.3. The van der Waals surface area contributed by atoms with E-state index in [9.17, 15) is 50.8 Å². The van der Waals surface area contributed by atoms with Gasteiger partial charge in [0.1, 0.15) is 42.5 Å². The molecule has 0 spiro atoms. The van der Waals surface area contributed by atoms with Gasteiger partial charge in [0.25, 0.3) is 0 Å². The molecular formula is C27H26O13. The number of carbonyl (C=O) groups excluding carboxylic acids is 1. The smallest absolute Gasteiger partial charge is 0.338 e. The lowest BCUT2D eigenvalue weighted by Crippen LogP contribution is -2.60. The average Bonchev–Trinajstić information content (AvgIpc) is 2.90. The second kappa shape index (κ2) is 11.6. The first kappa shape index (κ1) is 28.3. The van der Waals surface area contributed by atoms with Crippen molar-refractivity contribution in [1.82, 2.24) is 0 Å². The predicted molar refractivity (Wildman–Crippen MR) is 136 cm³/mol. The van der Waals surface area contributed by atoms with E-state index in [-0.39, 0.29) is 28.6 Å². The van der Waals surface area contributed by atoms with Gasteiger partial charge in [-0.1, -0.05) is 18.2 Å². The topological polar surface area (TPSA) is 227 Å². The maximum Gasteiger partial charge on any atom is 0.338 e. The van der Waals surface area contributed by atoms with Crippen LogP contribution >= 0.6 is 0 Å². The van der Waals surface area contributed by atoms with Crippen molar-refractivity contribution in [2.24, 2.45) is 0 Å². The van der Waals surface area contributed by atoms with Gasteiger partial charge in [-0.2, -0.15) is 0 Å². The third-order valence-corrected chi connectivity index (χ3v) is 5.97. The van der Waals surface area contributed by atoms with E-state index in [1.807, 2.05) is 0 Å². The van der Waals surface area contributed by atoms with Crippen molar-refractivity contribution in [3.8, 4) is 40.2 Å². The average molecular weight is 558 g/mol. The lowest BCUT2D eigenvalue weighted by Gasteiger charge is -2.39. The van der Waals surface area contributed by atoms with Gasteiger partial charge < -0.3 is 60.2 Å². The second-order valence-electron chi connectivity index (χ2n) is 8.94. The molecule has 1 aliphatic rings. The Morgan fingerprint density at radius 3 is 2.00 bits per heavy atom. The van der Waals surface area contributed by atoms with Gasteiger partial charge in [-0.25, -0.2) is 4.79 Å². The van der Waals surface area contributed by atoms with Crippen molar-refractivity contribution in [1.29, 1.82) is 0 Å². The van der Waals surface area contributed by atoms with Crippen LogP contribution in [-0.4, -0.2) is 89.2 Å². The molecule has 0 saturated carbocycles. The number of hydrogen-bond donors (Lipinski definition) is 9. The van der Waals surface area contributed by atoms with Gasteiger partial charge >= 0.3 is 5.97 Å². The first-order valence-corrected chi connectivity index (χ1v) is 11.8. The Morgan fingerprint density at radius 2 is 1.38 bits per heavy atom. The van der Waals surface area contributed by atoms with Gasteiger partial charge in [0, 0.05) is 6.07 Å². The number of carbonyl (C=O) groups is 1. The standard InChI is InChI=1S/C27H26O13/c28-15-5-13(6-16(29)10-15)2-1-12-3-4-20(17(30)7-12)39-27-25(36)24(35)23(34)21(40-27)11-38-26(37)14-8-18(31)22(33)19(32)9-14/h1-10,21,23-25,27-36H,11H2. The summed E-state index contributed by atoms with van der Waals surface area (Å²) in [6.07, 6.45) is -5.09. The van der Waals surface area contributed by atoms with Crippen molar-refractivity contribution in [2.75, 3.05) is 6.61 Å². The monoisotopic (exact) mass is 558 g/mol. The summed E-state index contributed by atoms with van der Waals surface area (Å²) < 4.78 is 16.0. The summed E-state index contributed by atoms with van der Waals surface area (Å²) in [7, 11) is 0. The lowest BCUT2D eigenvalue weighted by atomic mass is 9.99. The van der Waals surface area contributed by atoms with Gasteiger partial charge in [-0.05, 0) is 47.5 Å². The van der Waals surface area contributed by atoms with Crippen LogP contribution in [0.4, 0.5) is 0 Å². The zero-order valence-corrected chi connectivity index (χ0v) is 20.5. The minimum Gasteiger partial charge on any atom is -0.508 e. The van der Waals surface area contributed by atoms with Crippen molar-refractivity contribution in [3.05, 3.63) is 65.2 Å². The molecule has 1 heterocycles. The molecule has 1 aliphatic heterocycles. The second-order valence-corrected chi connectivity index (χ2v) is 8.94. The predicted octanol–water partition coefficient (Wildman–Crippen LogP) is 1.13. The highest BCUT2D eigenvalue weighted by Gasteiger charge is 2.45. The van der Waals surface area contributed by atoms with Gasteiger partial charge in [0.05, 0.1) is 5.56 Å². The van der Waals surface area contributed by atoms with E-state index >= 15 is 0 Å². The molecule has 212 valence electrons. The van der Waals surface area contributed by atoms with Crippen LogP contribution in [0, 0.1) is 0 Å². The van der Waals surface area contributed by atoms with Crippen LogP contribution in [0.5, 0.6) is 40.2 Å². The Hall–Kier alpha value is -4.69. The van der Waals surface area contributed by atoms with Crippen LogP contribution < -0.4 is 4.74 Å². The van der Waals surface area contributed by atoms with Crippen LogP contribution in [0.1, 0.15) is 21.5 Å². The fraction of sp³-hybridized carbons (Fsp3) is 0.222. The molecule has 13 nitrogen and oxygen atoms in total. The number of benzene rings is 3. The van der Waals surface area contributed by atoms with Gasteiger partial charge in [0.2, 0.25) is 6.29 Å². The van der Waals surface area contributed by atoms with E-state index in [4.69, 9.17) is 14.2 Å². The lowest BCUT2D eigenvalue weighted by molar-refractivity contribution is -0.277. The number of rotatable bonds is 7. The molecule has 5 atom stereocenters. The maximum absolute atomic E-state index is 12.3. The minimum atomic E-state index is -1.78. The van der Waals surface area contributed by atoms with E-state index in [2.05, 4.69) is 0 Å². The molecule has 1 fully saturated rings. The van der Waals surface area contributed by atoms with Crippen molar-refractivity contribution < 1.29 is 65.0 Å². The number of ether oxygens (including phenoxy) is 3. The van der Waals surface area contributed by atoms with Crippen molar-refractivity contribution in [3.63, 3.8) is 0 Å². The van der Waals surface area contributed by atoms with Crippen LogP contribution in [0.25, 0.3) is 12.2 Å². The fourth-order valence-corrected chi connectivity index (χ4v) is 3.88. The fourth-order valence-electron chi connectivity index (χ4n) is 3.88. The van der Waals surface area contributed by atoms with Gasteiger partial charge in [-0.3, -0.25) is 0 Å². The minimum absolute atomic E-state index is 0.128. The summed E-state index contributed by atoms with van der Waals surface area (Å²) in [6.45, 7) is -0.646. The molecule has 3 aromatic rings. The molecule has 0 bridgehead atoms. The largest absolute Gasteiger partial charge is 0.508 e. The number of esters is 1. The molecule has 0 radical (unpaired) electrons. The zero-order chi connectivity index (χ0) is 29.1. The van der Waals surface area contributed by atoms with Gasteiger partial charge in [0.15, 0.2) is 28.7 Å². The normalized spacial score (nSPS) is 22.7. The zero-order valence-electron chi connectivity index (χ0n) is 20.5. The molecule has 0 amide bonds. The van der Waals surface area contributed by atoms with Gasteiger partial charge in [-0.15, -0.1) is 0 Å². The Balaban J connectivity index is 1.42. The van der Waals surface area contributed by atoms with E-state index < -0.39 is 60.5 Å². The number of phenols is 6. The number of aliphatic hydroxyl groups is 3. The SMILES string of the molecule is O=C(OCC1OC(Oc2ccc(C=Cc3cc(O)cc(O)c3)cc2O)C(O)C(O)C1O)c1cc(O)c(O)c(O)c1. The molecule has 5 unspecified atom stereocenters. The first-order chi connectivity index (χ1) is 18.9. The van der Waals surface area contributed by atoms with Crippen molar-refractivity contribution >= 4 is 18.1 Å². The Kier molecular flexibility index (Phi) is 8.21. The Labute approximate surface area is 226 Å². The Bertz CT molecular complexity index is 1380.